The van der Waals surface area contributed by atoms with E-state index < -0.39 is 52.5 Å². The summed E-state index contributed by atoms with van der Waals surface area (Å²) >= 11 is 0. The maximum Gasteiger partial charge on any atom is 0.333 e. The van der Waals surface area contributed by atoms with Crippen molar-refractivity contribution in [3.63, 3.8) is 0 Å². The van der Waals surface area contributed by atoms with Crippen molar-refractivity contribution in [3.8, 4) is 5.75 Å². The Morgan fingerprint density at radius 3 is 2.37 bits per heavy atom. The van der Waals surface area contributed by atoms with Gasteiger partial charge >= 0.3 is 12.0 Å². The Hall–Kier alpha value is -6.06. The fourth-order valence-electron chi connectivity index (χ4n) is 8.41. The molecule has 21 heteroatoms. The third-order valence-electron chi connectivity index (χ3n) is 12.5. The monoisotopic (exact) mass is 1020 g/mol. The first-order valence-corrected chi connectivity index (χ1v) is 26.2. The minimum absolute atomic E-state index is 0.0215. The second kappa shape index (κ2) is 24.9. The highest BCUT2D eigenvalue weighted by atomic mass is 33.1. The summed E-state index contributed by atoms with van der Waals surface area (Å²) in [6, 6.07) is 14.7. The molecule has 4 fully saturated rings. The number of nitrogens with one attached hydrogen (secondary N) is 3. The van der Waals surface area contributed by atoms with E-state index in [0.29, 0.717) is 66.9 Å². The van der Waals surface area contributed by atoms with Crippen LogP contribution >= 0.6 is 21.6 Å². The number of nitrogens with zero attached hydrogens (tertiary/aromatic N) is 6. The lowest BCUT2D eigenvalue weighted by atomic mass is 10.0. The number of hydrazone groups is 1. The van der Waals surface area contributed by atoms with E-state index in [0.717, 1.165) is 31.5 Å². The number of carbonyl (C=O) groups excluding carboxylic acids is 7. The number of urea groups is 1. The number of anilines is 1. The molecule has 1 aromatic heterocycles. The zero-order valence-corrected chi connectivity index (χ0v) is 41.8. The van der Waals surface area contributed by atoms with Gasteiger partial charge in [0.1, 0.15) is 11.6 Å². The molecular formula is C50H62FN9O9S2. The van der Waals surface area contributed by atoms with Gasteiger partial charge in [-0.2, -0.15) is 5.10 Å². The van der Waals surface area contributed by atoms with Gasteiger partial charge in [0, 0.05) is 120 Å². The number of halogens is 1. The molecule has 4 heterocycles. The van der Waals surface area contributed by atoms with Crippen molar-refractivity contribution >= 4 is 74.5 Å². The second-order valence-corrected chi connectivity index (χ2v) is 21.5. The van der Waals surface area contributed by atoms with Gasteiger partial charge in [-0.1, -0.05) is 33.7 Å². The number of carbonyl (C=O) groups is 7. The van der Waals surface area contributed by atoms with Crippen LogP contribution in [0.5, 0.6) is 5.75 Å². The summed E-state index contributed by atoms with van der Waals surface area (Å²) in [6.45, 7) is 9.77. The molecule has 4 aliphatic rings. The second-order valence-electron chi connectivity index (χ2n) is 18.3. The molecular weight excluding hydrogens is 954 g/mol. The molecule has 3 aromatic rings. The van der Waals surface area contributed by atoms with Crippen molar-refractivity contribution in [1.82, 2.24) is 35.5 Å². The predicted molar refractivity (Wildman–Crippen MR) is 267 cm³/mol. The molecule has 1 aliphatic carbocycles. The van der Waals surface area contributed by atoms with Crippen LogP contribution in [0.2, 0.25) is 0 Å². The number of rotatable bonds is 21. The van der Waals surface area contributed by atoms with E-state index in [1.807, 2.05) is 18.7 Å². The van der Waals surface area contributed by atoms with Crippen LogP contribution in [0.1, 0.15) is 104 Å². The fourth-order valence-corrected chi connectivity index (χ4v) is 10.9. The Kier molecular flexibility index (Phi) is 17.5. The third-order valence-corrected chi connectivity index (χ3v) is 15.8. The number of piperidine rings is 1. The number of hydroxylamine groups is 2. The summed E-state index contributed by atoms with van der Waals surface area (Å²) in [7, 11) is 3.12. The van der Waals surface area contributed by atoms with Gasteiger partial charge in [0.05, 0.1) is 18.7 Å². The Balaban J connectivity index is 0.719. The van der Waals surface area contributed by atoms with Crippen molar-refractivity contribution in [1.29, 1.82) is 0 Å². The highest BCUT2D eigenvalue weighted by molar-refractivity contribution is 8.77. The SMILES string of the molecule is [2H]C1([2H])C(C(=O)Nc2ccc(CNC(=O)N3CCC(N4CCN(C(=O)CCSSC(C)(C)CC(=O)N/N=C(\C)c5ccc(OCCCC(=O)ON6C(=O)CCC6=O)cc5)CC4)CC3)c(F)c2)C1c1cccnc1. The largest absolute Gasteiger partial charge is 0.494 e. The van der Waals surface area contributed by atoms with Gasteiger partial charge in [0.15, 0.2) is 0 Å². The average Bonchev–Trinajstić information content (AvgIpc) is 3.84. The molecule has 71 heavy (non-hydrogen) atoms. The molecule has 380 valence electrons. The van der Waals surface area contributed by atoms with Crippen molar-refractivity contribution in [2.45, 2.75) is 102 Å². The van der Waals surface area contributed by atoms with Gasteiger partial charge < -0.3 is 30.0 Å². The molecule has 0 radical (unpaired) electrons. The summed E-state index contributed by atoms with van der Waals surface area (Å²) in [4.78, 5) is 102. The van der Waals surface area contributed by atoms with Crippen LogP contribution in [0.4, 0.5) is 14.9 Å². The van der Waals surface area contributed by atoms with Crippen LogP contribution in [-0.4, -0.2) is 134 Å². The van der Waals surface area contributed by atoms with E-state index in [9.17, 15) is 33.6 Å². The van der Waals surface area contributed by atoms with E-state index >= 15 is 4.39 Å². The molecule has 2 atom stereocenters. The first-order valence-electron chi connectivity index (χ1n) is 24.9. The number of piperazine rings is 1. The van der Waals surface area contributed by atoms with E-state index in [-0.39, 0.29) is 74.0 Å². The lowest BCUT2D eigenvalue weighted by molar-refractivity contribution is -0.197. The highest BCUT2D eigenvalue weighted by Gasteiger charge is 2.44. The Bertz CT molecular complexity index is 2510. The minimum atomic E-state index is -1.74. The van der Waals surface area contributed by atoms with Crippen LogP contribution in [0.25, 0.3) is 0 Å². The summed E-state index contributed by atoms with van der Waals surface area (Å²) in [5.41, 5.74) is 5.11. The van der Waals surface area contributed by atoms with Crippen LogP contribution in [0, 0.1) is 11.7 Å². The summed E-state index contributed by atoms with van der Waals surface area (Å²) < 4.78 is 36.9. The van der Waals surface area contributed by atoms with Gasteiger partial charge in [-0.15, -0.1) is 5.06 Å². The van der Waals surface area contributed by atoms with Gasteiger partial charge in [-0.3, -0.25) is 33.9 Å². The van der Waals surface area contributed by atoms with E-state index in [4.69, 9.17) is 12.3 Å². The summed E-state index contributed by atoms with van der Waals surface area (Å²) in [5.74, 6) is -3.37. The molecule has 2 unspecified atom stereocenters. The smallest absolute Gasteiger partial charge is 0.333 e. The third kappa shape index (κ3) is 15.5. The van der Waals surface area contributed by atoms with Crippen LogP contribution in [0.15, 0.2) is 72.1 Å². The molecule has 1 saturated carbocycles. The minimum Gasteiger partial charge on any atom is -0.494 e. The Morgan fingerprint density at radius 1 is 0.944 bits per heavy atom. The number of hydrogen-bond donors (Lipinski definition) is 3. The number of imide groups is 1. The van der Waals surface area contributed by atoms with Gasteiger partial charge in [-0.05, 0) is 106 Å². The van der Waals surface area contributed by atoms with Crippen molar-refractivity contribution in [3.05, 3.63) is 89.5 Å². The molecule has 2 aromatic carbocycles. The first kappa shape index (κ1) is 49.9. The van der Waals surface area contributed by atoms with Gasteiger partial charge in [0.25, 0.3) is 11.8 Å². The zero-order valence-electron chi connectivity index (χ0n) is 42.2. The van der Waals surface area contributed by atoms with Gasteiger partial charge in [-0.25, -0.2) is 19.4 Å². The highest BCUT2D eigenvalue weighted by Crippen LogP contribution is 2.47. The number of likely N-dealkylation sites (tertiary alicyclic amines) is 1. The normalized spacial score (nSPS) is 19.9. The molecule has 3 N–H and O–H groups in total. The average molecular weight is 1020 g/mol. The van der Waals surface area contributed by atoms with Crippen LogP contribution < -0.4 is 20.8 Å². The maximum absolute atomic E-state index is 15.1. The molecule has 0 spiro atoms. The zero-order chi connectivity index (χ0) is 52.3. The van der Waals surface area contributed by atoms with Crippen LogP contribution in [0.3, 0.4) is 0 Å². The van der Waals surface area contributed by atoms with E-state index in [2.05, 4.69) is 31.0 Å². The molecule has 0 bridgehead atoms. The molecule has 3 saturated heterocycles. The molecule has 7 amide bonds. The van der Waals surface area contributed by atoms with E-state index in [1.54, 1.807) is 82.2 Å². The number of benzene rings is 2. The number of hydrogen-bond acceptors (Lipinski definition) is 14. The fraction of sp³-hybridized carbons (Fsp3) is 0.500. The standard InChI is InChI=1S/C50H62FN9O9S2/c1-33(34-9-12-39(13-10-34)68-26-5-7-47(65)69-60-45(63)14-15-46(60)64)55-56-43(61)30-50(2,3)71-70-27-18-44(62)58-24-22-57(23-25-58)38-16-20-59(21-17-38)49(67)53-32-36-8-11-37(28-42(36)51)54-48(66)41-29-40(41)35-6-4-19-52-31-35/h4,6,8-13,19,28,31,38,40-41H,5,7,14-18,20-27,29-30,32H2,1-3H3,(H,53,67)(H,54,66)(H,56,61)/b55-33+/i29D2. The maximum atomic E-state index is 15.1. The quantitative estimate of drug-likeness (QED) is 0.0367. The van der Waals surface area contributed by atoms with Crippen molar-refractivity contribution in [2.75, 3.05) is 56.9 Å². The lowest BCUT2D eigenvalue weighted by Gasteiger charge is -2.42. The Labute approximate surface area is 423 Å². The van der Waals surface area contributed by atoms with Crippen molar-refractivity contribution < 1.29 is 50.3 Å². The van der Waals surface area contributed by atoms with Gasteiger partial charge in [0.2, 0.25) is 17.7 Å². The molecule has 18 nitrogen and oxygen atoms in total. The number of amides is 7. The van der Waals surface area contributed by atoms with Crippen LogP contribution in [-0.2, 0) is 40.1 Å². The molecule has 3 aliphatic heterocycles. The summed E-state index contributed by atoms with van der Waals surface area (Å²) in [5, 5.41) is 10.2. The first-order chi connectivity index (χ1) is 34.9. The number of ether oxygens (including phenoxy) is 1. The number of pyridine rings is 1. The predicted octanol–water partition coefficient (Wildman–Crippen LogP) is 6.03. The number of aromatic nitrogens is 1. The van der Waals surface area contributed by atoms with Crippen molar-refractivity contribution in [2.24, 2.45) is 11.0 Å². The molecule has 7 rings (SSSR count). The summed E-state index contributed by atoms with van der Waals surface area (Å²) in [6.07, 6.45) is 3.94. The topological polar surface area (TPSA) is 212 Å². The van der Waals surface area contributed by atoms with E-state index in [1.165, 1.54) is 18.2 Å². The lowest BCUT2D eigenvalue weighted by Crippen LogP contribution is -2.55. The Morgan fingerprint density at radius 2 is 1.68 bits per heavy atom.